The van der Waals surface area contributed by atoms with Crippen molar-refractivity contribution in [3.8, 4) is 0 Å². The van der Waals surface area contributed by atoms with Crippen LogP contribution < -0.4 is 10.6 Å². The highest BCUT2D eigenvalue weighted by Crippen LogP contribution is 2.12. The molecule has 0 aliphatic carbocycles. The Morgan fingerprint density at radius 3 is 2.48 bits per heavy atom. The molecule has 0 spiro atoms. The lowest BCUT2D eigenvalue weighted by atomic mass is 10.0. The van der Waals surface area contributed by atoms with Crippen molar-refractivity contribution >= 4 is 30.7 Å². The number of hydrogen-bond acceptors (Lipinski definition) is 4. The van der Waals surface area contributed by atoms with Crippen molar-refractivity contribution in [2.75, 3.05) is 32.8 Å². The highest BCUT2D eigenvalue weighted by Gasteiger charge is 2.25. The molecule has 7 heteroatoms. The third-order valence-corrected chi connectivity index (χ3v) is 4.42. The Morgan fingerprint density at radius 1 is 1.22 bits per heavy atom. The first-order valence-corrected chi connectivity index (χ1v) is 8.53. The molecule has 5 nitrogen and oxygen atoms in total. The van der Waals surface area contributed by atoms with E-state index in [1.807, 2.05) is 0 Å². The lowest BCUT2D eigenvalue weighted by molar-refractivity contribution is -0.124. The first kappa shape index (κ1) is 22.9. The van der Waals surface area contributed by atoms with Gasteiger partial charge < -0.3 is 20.3 Å². The number of ether oxygens (including phenoxy) is 1. The summed E-state index contributed by atoms with van der Waals surface area (Å²) in [5.74, 6) is 0.205. The van der Waals surface area contributed by atoms with Gasteiger partial charge in [-0.2, -0.15) is 0 Å². The molecule has 2 aliphatic rings. The highest BCUT2D eigenvalue weighted by molar-refractivity contribution is 5.85. The first-order chi connectivity index (χ1) is 10.1. The van der Waals surface area contributed by atoms with Crippen molar-refractivity contribution in [1.29, 1.82) is 0 Å². The number of carbonyl (C=O) groups excluding carboxylic acids is 1. The zero-order valence-electron chi connectivity index (χ0n) is 14.4. The molecule has 2 rings (SSSR count). The number of carbonyl (C=O) groups is 1. The summed E-state index contributed by atoms with van der Waals surface area (Å²) in [7, 11) is 0. The van der Waals surface area contributed by atoms with Gasteiger partial charge in [0.2, 0.25) is 5.91 Å². The summed E-state index contributed by atoms with van der Waals surface area (Å²) < 4.78 is 5.60. The molecule has 23 heavy (non-hydrogen) atoms. The van der Waals surface area contributed by atoms with E-state index >= 15 is 0 Å². The summed E-state index contributed by atoms with van der Waals surface area (Å²) in [5.41, 5.74) is 0. The van der Waals surface area contributed by atoms with Crippen LogP contribution in [-0.2, 0) is 9.53 Å². The van der Waals surface area contributed by atoms with Crippen LogP contribution in [0, 0.1) is 0 Å². The van der Waals surface area contributed by atoms with E-state index in [2.05, 4.69) is 29.4 Å². The summed E-state index contributed by atoms with van der Waals surface area (Å²) in [6.07, 6.45) is 5.77. The molecule has 1 atom stereocenters. The van der Waals surface area contributed by atoms with E-state index in [4.69, 9.17) is 4.74 Å². The van der Waals surface area contributed by atoms with E-state index in [-0.39, 0.29) is 36.8 Å². The maximum absolute atomic E-state index is 12.2. The van der Waals surface area contributed by atoms with E-state index < -0.39 is 0 Å². The second-order valence-electron chi connectivity index (χ2n) is 6.55. The molecule has 138 valence electrons. The minimum atomic E-state index is 0. The van der Waals surface area contributed by atoms with E-state index in [1.54, 1.807) is 0 Å². The van der Waals surface area contributed by atoms with Gasteiger partial charge in [-0.05, 0) is 46.1 Å². The zero-order chi connectivity index (χ0) is 15.1. The fourth-order valence-corrected chi connectivity index (χ4v) is 3.10. The summed E-state index contributed by atoms with van der Waals surface area (Å²) >= 11 is 0. The SMILES string of the molecule is CC(C)OCCN1CCC(NC(=O)[C@H]2CCCCN2)CC1.Cl.Cl. The van der Waals surface area contributed by atoms with Crippen molar-refractivity contribution in [1.82, 2.24) is 15.5 Å². The number of rotatable bonds is 6. The lowest BCUT2D eigenvalue weighted by Gasteiger charge is -2.33. The van der Waals surface area contributed by atoms with Gasteiger partial charge in [0.15, 0.2) is 0 Å². The highest BCUT2D eigenvalue weighted by atomic mass is 35.5. The molecule has 2 heterocycles. The van der Waals surface area contributed by atoms with Gasteiger partial charge in [0.05, 0.1) is 18.8 Å². The summed E-state index contributed by atoms with van der Waals surface area (Å²) in [5, 5.41) is 6.54. The topological polar surface area (TPSA) is 53.6 Å². The molecular formula is C16H33Cl2N3O2. The lowest BCUT2D eigenvalue weighted by Crippen LogP contribution is -2.52. The van der Waals surface area contributed by atoms with Gasteiger partial charge in [0.25, 0.3) is 0 Å². The van der Waals surface area contributed by atoms with Crippen LogP contribution in [0.25, 0.3) is 0 Å². The van der Waals surface area contributed by atoms with Gasteiger partial charge in [0, 0.05) is 25.7 Å². The van der Waals surface area contributed by atoms with Crippen LogP contribution in [0.5, 0.6) is 0 Å². The van der Waals surface area contributed by atoms with Gasteiger partial charge in [-0.3, -0.25) is 4.79 Å². The minimum absolute atomic E-state index is 0. The largest absolute Gasteiger partial charge is 0.377 e. The van der Waals surface area contributed by atoms with Crippen molar-refractivity contribution in [3.05, 3.63) is 0 Å². The first-order valence-electron chi connectivity index (χ1n) is 8.53. The number of nitrogens with zero attached hydrogens (tertiary/aromatic N) is 1. The molecular weight excluding hydrogens is 337 g/mol. The molecule has 2 aliphatic heterocycles. The Hall–Kier alpha value is -0.0700. The Morgan fingerprint density at radius 2 is 1.91 bits per heavy atom. The van der Waals surface area contributed by atoms with E-state index in [0.29, 0.717) is 12.1 Å². The molecule has 0 aromatic carbocycles. The van der Waals surface area contributed by atoms with Crippen molar-refractivity contribution in [3.63, 3.8) is 0 Å². The number of amides is 1. The fourth-order valence-electron chi connectivity index (χ4n) is 3.10. The molecule has 2 N–H and O–H groups in total. The standard InChI is InChI=1S/C16H31N3O2.2ClH/c1-13(2)21-12-11-19-9-6-14(7-10-19)18-16(20)15-5-3-4-8-17-15;;/h13-15,17H,3-12H2,1-2H3,(H,18,20);2*1H/t15-;;/m1../s1. The smallest absolute Gasteiger partial charge is 0.237 e. The molecule has 0 radical (unpaired) electrons. The third kappa shape index (κ3) is 8.54. The average molecular weight is 370 g/mol. The Balaban J connectivity index is 0.00000242. The van der Waals surface area contributed by atoms with Crippen LogP contribution in [0.1, 0.15) is 46.0 Å². The number of piperidine rings is 2. The van der Waals surface area contributed by atoms with E-state index in [9.17, 15) is 4.79 Å². The quantitative estimate of drug-likeness (QED) is 0.751. The molecule has 0 unspecified atom stereocenters. The van der Waals surface area contributed by atoms with Crippen LogP contribution in [0.2, 0.25) is 0 Å². The van der Waals surface area contributed by atoms with E-state index in [1.165, 1.54) is 12.8 Å². The minimum Gasteiger partial charge on any atom is -0.377 e. The summed E-state index contributed by atoms with van der Waals surface area (Å²) in [6, 6.07) is 0.389. The molecule has 1 amide bonds. The maximum atomic E-state index is 12.2. The van der Waals surface area contributed by atoms with Gasteiger partial charge in [-0.1, -0.05) is 6.42 Å². The normalized spacial score (nSPS) is 23.0. The fraction of sp³-hybridized carbons (Fsp3) is 0.938. The monoisotopic (exact) mass is 369 g/mol. The van der Waals surface area contributed by atoms with Crippen molar-refractivity contribution in [2.24, 2.45) is 0 Å². The zero-order valence-corrected chi connectivity index (χ0v) is 16.0. The van der Waals surface area contributed by atoms with Crippen LogP contribution >= 0.6 is 24.8 Å². The van der Waals surface area contributed by atoms with Crippen LogP contribution in [-0.4, -0.2) is 61.8 Å². The number of hydrogen-bond donors (Lipinski definition) is 2. The predicted molar refractivity (Wildman–Crippen MR) is 98.8 cm³/mol. The number of halogens is 2. The summed E-state index contributed by atoms with van der Waals surface area (Å²) in [4.78, 5) is 14.6. The third-order valence-electron chi connectivity index (χ3n) is 4.42. The second-order valence-corrected chi connectivity index (χ2v) is 6.55. The average Bonchev–Trinajstić information content (AvgIpc) is 2.49. The van der Waals surface area contributed by atoms with E-state index in [0.717, 1.165) is 52.0 Å². The Kier molecular flexibility index (Phi) is 12.3. The number of likely N-dealkylation sites (tertiary alicyclic amines) is 1. The molecule has 0 aromatic heterocycles. The van der Waals surface area contributed by atoms with Gasteiger partial charge in [-0.15, -0.1) is 24.8 Å². The van der Waals surface area contributed by atoms with Crippen LogP contribution in [0.4, 0.5) is 0 Å². The summed E-state index contributed by atoms with van der Waals surface area (Å²) in [6.45, 7) is 9.05. The van der Waals surface area contributed by atoms with Crippen molar-refractivity contribution < 1.29 is 9.53 Å². The van der Waals surface area contributed by atoms with Gasteiger partial charge in [0.1, 0.15) is 0 Å². The molecule has 0 saturated carbocycles. The molecule has 0 bridgehead atoms. The second kappa shape index (κ2) is 12.3. The molecule has 2 fully saturated rings. The number of nitrogens with one attached hydrogen (secondary N) is 2. The van der Waals surface area contributed by atoms with Crippen LogP contribution in [0.3, 0.4) is 0 Å². The van der Waals surface area contributed by atoms with Crippen LogP contribution in [0.15, 0.2) is 0 Å². The van der Waals surface area contributed by atoms with Gasteiger partial charge >= 0.3 is 0 Å². The van der Waals surface area contributed by atoms with Gasteiger partial charge in [-0.25, -0.2) is 0 Å². The Labute approximate surface area is 153 Å². The Bertz CT molecular complexity index is 318. The maximum Gasteiger partial charge on any atom is 0.237 e. The predicted octanol–water partition coefficient (Wildman–Crippen LogP) is 1.98. The van der Waals surface area contributed by atoms with Crippen molar-refractivity contribution in [2.45, 2.75) is 64.1 Å². The molecule has 2 saturated heterocycles. The molecule has 0 aromatic rings.